The van der Waals surface area contributed by atoms with Crippen molar-refractivity contribution in [2.24, 2.45) is 15.8 Å². The van der Waals surface area contributed by atoms with Crippen LogP contribution >= 0.6 is 11.6 Å². The summed E-state index contributed by atoms with van der Waals surface area (Å²) in [5.74, 6) is 8.89. The molecule has 28 heavy (non-hydrogen) atoms. The summed E-state index contributed by atoms with van der Waals surface area (Å²) in [5, 5.41) is 0.674. The van der Waals surface area contributed by atoms with Gasteiger partial charge in [-0.25, -0.2) is 0 Å². The van der Waals surface area contributed by atoms with Crippen molar-refractivity contribution in [1.82, 2.24) is 0 Å². The Hall–Kier alpha value is -3.25. The number of nitrogens with zero attached hydrogens (tertiary/aromatic N) is 3. The van der Waals surface area contributed by atoms with Gasteiger partial charge in [0.05, 0.1) is 18.0 Å². The van der Waals surface area contributed by atoms with Crippen molar-refractivity contribution in [3.05, 3.63) is 107 Å². The fourth-order valence-electron chi connectivity index (χ4n) is 3.25. The van der Waals surface area contributed by atoms with Gasteiger partial charge in [0.1, 0.15) is 23.4 Å². The van der Waals surface area contributed by atoms with Crippen LogP contribution in [0.3, 0.4) is 0 Å². The molecular formula is C22H16ClN4O+. The standard InChI is InChI=1S/C22H16ClN4O/c23-17-6-10-19(11-7-17)28-18-8-4-16(5-9-18)22-26-21(15-2-1-3-15)20-14-25-12-13-27(20,22)24/h1-14H,24H2/q+1. The van der Waals surface area contributed by atoms with E-state index in [1.165, 1.54) is 0 Å². The Balaban J connectivity index is 1.45. The number of hydrogen-bond acceptors (Lipinski definition) is 4. The number of hydrogen-bond donors (Lipinski definition) is 1. The van der Waals surface area contributed by atoms with Gasteiger partial charge in [-0.3, -0.25) is 4.99 Å². The Kier molecular flexibility index (Phi) is 3.87. The van der Waals surface area contributed by atoms with Crippen LogP contribution in [0, 0.1) is 0 Å². The highest BCUT2D eigenvalue weighted by Crippen LogP contribution is 2.36. The Bertz CT molecular complexity index is 1140. The molecule has 0 saturated carbocycles. The molecule has 0 aromatic heterocycles. The molecule has 1 unspecified atom stereocenters. The summed E-state index contributed by atoms with van der Waals surface area (Å²) in [6.45, 7) is 0. The average molecular weight is 388 g/mol. The number of fused-ring (bicyclic) bond motifs is 1. The van der Waals surface area contributed by atoms with Gasteiger partial charge in [0, 0.05) is 10.6 Å². The Morgan fingerprint density at radius 1 is 0.964 bits per heavy atom. The van der Waals surface area contributed by atoms with Gasteiger partial charge in [0.25, 0.3) is 5.84 Å². The Morgan fingerprint density at radius 3 is 2.29 bits per heavy atom. The third-order valence-corrected chi connectivity index (χ3v) is 5.03. The Labute approximate surface area is 167 Å². The van der Waals surface area contributed by atoms with E-state index in [1.54, 1.807) is 24.5 Å². The van der Waals surface area contributed by atoms with Crippen molar-refractivity contribution < 1.29 is 9.33 Å². The summed E-state index contributed by atoms with van der Waals surface area (Å²) in [4.78, 5) is 9.08. The molecule has 2 heterocycles. The molecule has 3 aliphatic rings. The zero-order valence-electron chi connectivity index (χ0n) is 14.8. The van der Waals surface area contributed by atoms with Crippen LogP contribution in [0.15, 0.2) is 106 Å². The zero-order valence-corrected chi connectivity index (χ0v) is 15.5. The molecule has 1 aliphatic carbocycles. The minimum atomic E-state index is 0.00139. The van der Waals surface area contributed by atoms with Crippen LogP contribution in [0.1, 0.15) is 5.56 Å². The van der Waals surface area contributed by atoms with E-state index in [0.717, 1.165) is 39.9 Å². The largest absolute Gasteiger partial charge is 0.457 e. The molecule has 0 spiro atoms. The van der Waals surface area contributed by atoms with Crippen LogP contribution < -0.4 is 10.6 Å². The van der Waals surface area contributed by atoms with Gasteiger partial charge in [-0.05, 0) is 48.5 Å². The fraction of sp³-hybridized carbons (Fsp3) is 0. The van der Waals surface area contributed by atoms with Crippen LogP contribution in [0.25, 0.3) is 0 Å². The molecule has 2 aromatic rings. The second-order valence-electron chi connectivity index (χ2n) is 6.58. The first-order valence-electron chi connectivity index (χ1n) is 8.78. The van der Waals surface area contributed by atoms with E-state index in [0.29, 0.717) is 5.02 Å². The fourth-order valence-corrected chi connectivity index (χ4v) is 3.38. The number of rotatable bonds is 4. The topological polar surface area (TPSA) is 60.0 Å². The normalized spacial score (nSPS) is 21.9. The van der Waals surface area contributed by atoms with Gasteiger partial charge < -0.3 is 4.74 Å². The number of quaternary nitrogens is 1. The predicted octanol–water partition coefficient (Wildman–Crippen LogP) is 4.85. The SMILES string of the molecule is N[N+]12C=CN=CC1=C(C1=CC=C1)N=C2c1ccc(Oc2ccc(Cl)cc2)cc1. The van der Waals surface area contributed by atoms with E-state index in [9.17, 15) is 0 Å². The van der Waals surface area contributed by atoms with Gasteiger partial charge in [-0.15, -0.1) is 4.59 Å². The predicted molar refractivity (Wildman–Crippen MR) is 111 cm³/mol. The first kappa shape index (κ1) is 16.9. The smallest absolute Gasteiger partial charge is 0.265 e. The molecule has 2 aliphatic heterocycles. The van der Waals surface area contributed by atoms with Crippen molar-refractivity contribution in [3.8, 4) is 11.5 Å². The molecule has 0 amide bonds. The second-order valence-corrected chi connectivity index (χ2v) is 7.02. The van der Waals surface area contributed by atoms with E-state index in [1.807, 2.05) is 60.8 Å². The number of allylic oxidation sites excluding steroid dienone is 4. The quantitative estimate of drug-likeness (QED) is 0.602. The zero-order chi connectivity index (χ0) is 19.1. The lowest BCUT2D eigenvalue weighted by Gasteiger charge is -2.26. The Morgan fingerprint density at radius 2 is 1.64 bits per heavy atom. The van der Waals surface area contributed by atoms with Crippen LogP contribution in [-0.4, -0.2) is 16.6 Å². The van der Waals surface area contributed by atoms with Crippen LogP contribution in [0.4, 0.5) is 0 Å². The van der Waals surface area contributed by atoms with Crippen molar-refractivity contribution in [1.29, 1.82) is 0 Å². The first-order chi connectivity index (χ1) is 13.6. The molecule has 2 aromatic carbocycles. The summed E-state index contributed by atoms with van der Waals surface area (Å²) in [6.07, 6.45) is 11.3. The minimum absolute atomic E-state index is 0.00139. The number of benzene rings is 2. The number of ether oxygens (including phenoxy) is 1. The van der Waals surface area contributed by atoms with E-state index in [-0.39, 0.29) is 4.59 Å². The number of halogens is 1. The van der Waals surface area contributed by atoms with Gasteiger partial charge in [-0.2, -0.15) is 10.8 Å². The summed E-state index contributed by atoms with van der Waals surface area (Å²) in [6, 6.07) is 15.0. The molecule has 0 bridgehead atoms. The van der Waals surface area contributed by atoms with E-state index >= 15 is 0 Å². The highest BCUT2D eigenvalue weighted by atomic mass is 35.5. The average Bonchev–Trinajstić information content (AvgIpc) is 2.96. The van der Waals surface area contributed by atoms with Gasteiger partial charge >= 0.3 is 0 Å². The van der Waals surface area contributed by atoms with Gasteiger partial charge in [0.15, 0.2) is 0 Å². The van der Waals surface area contributed by atoms with Crippen LogP contribution in [-0.2, 0) is 0 Å². The molecule has 0 radical (unpaired) electrons. The second kappa shape index (κ2) is 6.42. The van der Waals surface area contributed by atoms with E-state index in [2.05, 4.69) is 4.99 Å². The maximum atomic E-state index is 6.70. The molecule has 1 atom stereocenters. The molecule has 0 saturated heterocycles. The third-order valence-electron chi connectivity index (χ3n) is 4.78. The summed E-state index contributed by atoms with van der Waals surface area (Å²) in [7, 11) is 0. The number of amidine groups is 1. The highest BCUT2D eigenvalue weighted by molar-refractivity contribution is 6.30. The monoisotopic (exact) mass is 387 g/mol. The third kappa shape index (κ3) is 2.73. The van der Waals surface area contributed by atoms with Crippen molar-refractivity contribution >= 4 is 23.7 Å². The summed E-state index contributed by atoms with van der Waals surface area (Å²) in [5.41, 5.74) is 3.69. The molecule has 2 N–H and O–H groups in total. The van der Waals surface area contributed by atoms with Crippen LogP contribution in [0.2, 0.25) is 5.02 Å². The van der Waals surface area contributed by atoms with E-state index < -0.39 is 0 Å². The van der Waals surface area contributed by atoms with Crippen molar-refractivity contribution in [2.75, 3.05) is 0 Å². The lowest BCUT2D eigenvalue weighted by molar-refractivity contribution is -0.750. The first-order valence-corrected chi connectivity index (χ1v) is 9.16. The van der Waals surface area contributed by atoms with Gasteiger partial charge in [-0.1, -0.05) is 29.8 Å². The highest BCUT2D eigenvalue weighted by Gasteiger charge is 2.44. The molecule has 5 rings (SSSR count). The van der Waals surface area contributed by atoms with Crippen molar-refractivity contribution in [3.63, 3.8) is 0 Å². The van der Waals surface area contributed by atoms with Crippen molar-refractivity contribution in [2.45, 2.75) is 0 Å². The van der Waals surface area contributed by atoms with E-state index in [4.69, 9.17) is 27.2 Å². The molecule has 0 fully saturated rings. The lowest BCUT2D eigenvalue weighted by Crippen LogP contribution is -2.53. The van der Waals surface area contributed by atoms with Crippen LogP contribution in [0.5, 0.6) is 11.5 Å². The molecular weight excluding hydrogens is 372 g/mol. The maximum absolute atomic E-state index is 6.70. The molecule has 5 nitrogen and oxygen atoms in total. The summed E-state index contributed by atoms with van der Waals surface area (Å²) < 4.78 is 5.87. The maximum Gasteiger partial charge on any atom is 0.265 e. The summed E-state index contributed by atoms with van der Waals surface area (Å²) >= 11 is 5.92. The number of aliphatic imine (C=N–C) groups is 2. The number of nitrogens with two attached hydrogens (primary N) is 1. The molecule has 136 valence electrons. The molecule has 6 heteroatoms. The van der Waals surface area contributed by atoms with Gasteiger partial charge in [0.2, 0.25) is 5.70 Å². The lowest BCUT2D eigenvalue weighted by atomic mass is 10.0. The minimum Gasteiger partial charge on any atom is -0.457 e.